The molecule has 21 heavy (non-hydrogen) atoms. The van der Waals surface area contributed by atoms with Crippen LogP contribution in [-0.2, 0) is 19.0 Å². The second kappa shape index (κ2) is 5.06. The van der Waals surface area contributed by atoms with Gasteiger partial charge >= 0.3 is 6.18 Å². The molecule has 0 aliphatic heterocycles. The lowest BCUT2D eigenvalue weighted by molar-refractivity contribution is -0.137. The highest BCUT2D eigenvalue weighted by molar-refractivity contribution is 7.11. The molecule has 0 saturated heterocycles. The van der Waals surface area contributed by atoms with Gasteiger partial charge in [-0.1, -0.05) is 0 Å². The zero-order chi connectivity index (χ0) is 15.2. The highest BCUT2D eigenvalue weighted by Gasteiger charge is 2.32. The van der Waals surface area contributed by atoms with Crippen LogP contribution in [0.4, 0.5) is 17.6 Å². The van der Waals surface area contributed by atoms with Gasteiger partial charge in [0.15, 0.2) is 0 Å². The van der Waals surface area contributed by atoms with E-state index in [-0.39, 0.29) is 5.56 Å². The molecule has 1 aliphatic carbocycles. The Morgan fingerprint density at radius 3 is 2.62 bits per heavy atom. The second-order valence-corrected chi connectivity index (χ2v) is 6.14. The molecule has 2 N–H and O–H groups in total. The van der Waals surface area contributed by atoms with Gasteiger partial charge in [-0.25, -0.2) is 9.37 Å². The van der Waals surface area contributed by atoms with Gasteiger partial charge < -0.3 is 5.73 Å². The molecule has 0 radical (unpaired) electrons. The van der Waals surface area contributed by atoms with E-state index in [0.717, 1.165) is 42.0 Å². The van der Waals surface area contributed by atoms with Gasteiger partial charge in [-0.2, -0.15) is 13.2 Å². The first kappa shape index (κ1) is 14.5. The van der Waals surface area contributed by atoms with Gasteiger partial charge in [0, 0.05) is 4.88 Å². The van der Waals surface area contributed by atoms with Crippen LogP contribution in [0.2, 0.25) is 0 Å². The lowest BCUT2D eigenvalue weighted by Gasteiger charge is -2.13. The summed E-state index contributed by atoms with van der Waals surface area (Å²) in [5.41, 5.74) is 6.00. The molecule has 2 aromatic rings. The van der Waals surface area contributed by atoms with Gasteiger partial charge in [-0.3, -0.25) is 0 Å². The van der Waals surface area contributed by atoms with Crippen LogP contribution in [0.1, 0.15) is 39.2 Å². The summed E-state index contributed by atoms with van der Waals surface area (Å²) in [7, 11) is 0. The molecule has 7 heteroatoms. The van der Waals surface area contributed by atoms with Crippen LogP contribution >= 0.6 is 11.3 Å². The second-order valence-electron chi connectivity index (χ2n) is 5.02. The molecule has 0 saturated carbocycles. The normalized spacial score (nSPS) is 16.0. The lowest BCUT2D eigenvalue weighted by atomic mass is 10.0. The van der Waals surface area contributed by atoms with Crippen molar-refractivity contribution in [1.82, 2.24) is 4.98 Å². The van der Waals surface area contributed by atoms with Crippen molar-refractivity contribution in [3.63, 3.8) is 0 Å². The van der Waals surface area contributed by atoms with Crippen LogP contribution in [0.5, 0.6) is 0 Å². The van der Waals surface area contributed by atoms with Crippen molar-refractivity contribution in [3.8, 4) is 0 Å². The fraction of sp³-hybridized carbons (Fsp3) is 0.357. The number of nitrogens with zero attached hydrogens (tertiary/aromatic N) is 1. The number of nitrogens with two attached hydrogens (primary N) is 1. The summed E-state index contributed by atoms with van der Waals surface area (Å²) < 4.78 is 51.6. The van der Waals surface area contributed by atoms with E-state index < -0.39 is 23.6 Å². The van der Waals surface area contributed by atoms with Crippen LogP contribution < -0.4 is 5.73 Å². The molecule has 3 rings (SSSR count). The molecule has 1 atom stereocenters. The molecule has 1 unspecified atom stereocenters. The number of alkyl halides is 3. The molecule has 112 valence electrons. The number of aryl methyl sites for hydroxylation is 2. The van der Waals surface area contributed by atoms with E-state index in [0.29, 0.717) is 11.1 Å². The van der Waals surface area contributed by atoms with Gasteiger partial charge in [-0.05, 0) is 43.0 Å². The number of hydrogen-bond donors (Lipinski definition) is 1. The quantitative estimate of drug-likeness (QED) is 0.855. The fourth-order valence-electron chi connectivity index (χ4n) is 2.44. The third kappa shape index (κ3) is 2.80. The zero-order valence-electron chi connectivity index (χ0n) is 10.9. The molecule has 1 aromatic carbocycles. The standard InChI is InChI=1S/C14H12F4N2S/c15-9-5-7(4-8(6-9)14(16,17)18)12(19)13-20-10-2-1-3-11(10)21-13/h4-6,12H,1-3,19H2. The maximum Gasteiger partial charge on any atom is 0.416 e. The molecule has 2 nitrogen and oxygen atoms in total. The SMILES string of the molecule is NC(c1cc(F)cc(C(F)(F)F)c1)c1nc2c(s1)CCC2. The topological polar surface area (TPSA) is 38.9 Å². The molecule has 0 amide bonds. The van der Waals surface area contributed by atoms with Crippen molar-refractivity contribution in [3.05, 3.63) is 50.7 Å². The number of rotatable bonds is 2. The Hall–Kier alpha value is -1.47. The Morgan fingerprint density at radius 1 is 1.19 bits per heavy atom. The summed E-state index contributed by atoms with van der Waals surface area (Å²) >= 11 is 1.40. The Morgan fingerprint density at radius 2 is 1.95 bits per heavy atom. The maximum atomic E-state index is 13.4. The Bertz CT molecular complexity index is 657. The minimum atomic E-state index is -4.60. The van der Waals surface area contributed by atoms with Crippen LogP contribution in [0.15, 0.2) is 18.2 Å². The van der Waals surface area contributed by atoms with Crippen molar-refractivity contribution in [1.29, 1.82) is 0 Å². The zero-order valence-corrected chi connectivity index (χ0v) is 11.7. The van der Waals surface area contributed by atoms with Crippen molar-refractivity contribution in [2.45, 2.75) is 31.5 Å². The molecular weight excluding hydrogens is 304 g/mol. The van der Waals surface area contributed by atoms with Crippen LogP contribution in [-0.4, -0.2) is 4.98 Å². The van der Waals surface area contributed by atoms with E-state index in [2.05, 4.69) is 4.98 Å². The van der Waals surface area contributed by atoms with Gasteiger partial charge in [0.25, 0.3) is 0 Å². The van der Waals surface area contributed by atoms with Gasteiger partial charge in [0.2, 0.25) is 0 Å². The molecule has 0 fully saturated rings. The van der Waals surface area contributed by atoms with Gasteiger partial charge in [-0.15, -0.1) is 11.3 Å². The average Bonchev–Trinajstić information content (AvgIpc) is 2.96. The summed E-state index contributed by atoms with van der Waals surface area (Å²) in [4.78, 5) is 5.51. The summed E-state index contributed by atoms with van der Waals surface area (Å²) in [5.74, 6) is -0.945. The van der Waals surface area contributed by atoms with Crippen molar-refractivity contribution >= 4 is 11.3 Å². The van der Waals surface area contributed by atoms with E-state index in [1.165, 1.54) is 11.3 Å². The van der Waals surface area contributed by atoms with E-state index in [1.807, 2.05) is 0 Å². The van der Waals surface area contributed by atoms with Gasteiger partial charge in [0.1, 0.15) is 10.8 Å². The molecule has 0 bridgehead atoms. The summed E-state index contributed by atoms with van der Waals surface area (Å²) in [6, 6.07) is 1.56. The first-order valence-corrected chi connectivity index (χ1v) is 7.28. The summed E-state index contributed by atoms with van der Waals surface area (Å²) in [6.07, 6.45) is -1.75. The summed E-state index contributed by atoms with van der Waals surface area (Å²) in [5, 5.41) is 0.540. The average molecular weight is 316 g/mol. The Kier molecular flexibility index (Phi) is 3.49. The van der Waals surface area contributed by atoms with Crippen molar-refractivity contribution < 1.29 is 17.6 Å². The number of fused-ring (bicyclic) bond motifs is 1. The minimum absolute atomic E-state index is 0.0924. The predicted octanol–water partition coefficient (Wildman–Crippen LogP) is 3.84. The summed E-state index contributed by atoms with van der Waals surface area (Å²) in [6.45, 7) is 0. The predicted molar refractivity (Wildman–Crippen MR) is 71.6 cm³/mol. The fourth-order valence-corrected chi connectivity index (χ4v) is 3.62. The van der Waals surface area contributed by atoms with E-state index in [1.54, 1.807) is 0 Å². The molecular formula is C14H12F4N2S. The molecule has 0 spiro atoms. The van der Waals surface area contributed by atoms with E-state index >= 15 is 0 Å². The molecule has 1 aromatic heterocycles. The first-order valence-electron chi connectivity index (χ1n) is 6.46. The Labute approximate surface area is 122 Å². The van der Waals surface area contributed by atoms with Crippen LogP contribution in [0.25, 0.3) is 0 Å². The first-order chi connectivity index (χ1) is 9.84. The highest BCUT2D eigenvalue weighted by atomic mass is 32.1. The van der Waals surface area contributed by atoms with Crippen molar-refractivity contribution in [2.24, 2.45) is 5.73 Å². The monoisotopic (exact) mass is 316 g/mol. The van der Waals surface area contributed by atoms with Crippen molar-refractivity contribution in [2.75, 3.05) is 0 Å². The van der Waals surface area contributed by atoms with Gasteiger partial charge in [0.05, 0.1) is 17.3 Å². The smallest absolute Gasteiger partial charge is 0.318 e. The van der Waals surface area contributed by atoms with Crippen LogP contribution in [0.3, 0.4) is 0 Å². The third-order valence-electron chi connectivity index (χ3n) is 3.48. The number of hydrogen-bond acceptors (Lipinski definition) is 3. The molecule has 1 heterocycles. The number of thiazole rings is 1. The minimum Gasteiger partial charge on any atom is -0.318 e. The maximum absolute atomic E-state index is 13.4. The van der Waals surface area contributed by atoms with E-state index in [4.69, 9.17) is 5.73 Å². The Balaban J connectivity index is 1.97. The lowest BCUT2D eigenvalue weighted by Crippen LogP contribution is -2.14. The largest absolute Gasteiger partial charge is 0.416 e. The molecule has 1 aliphatic rings. The van der Waals surface area contributed by atoms with Crippen LogP contribution in [0, 0.1) is 5.82 Å². The number of aromatic nitrogens is 1. The van der Waals surface area contributed by atoms with E-state index in [9.17, 15) is 17.6 Å². The third-order valence-corrected chi connectivity index (χ3v) is 4.73. The number of benzene rings is 1. The number of halogens is 4. The highest BCUT2D eigenvalue weighted by Crippen LogP contribution is 2.35.